The van der Waals surface area contributed by atoms with Crippen molar-refractivity contribution in [3.8, 4) is 11.5 Å². The van der Waals surface area contributed by atoms with Gasteiger partial charge in [0.1, 0.15) is 4.32 Å². The lowest BCUT2D eigenvalue weighted by Gasteiger charge is -2.12. The first-order valence-electron chi connectivity index (χ1n) is 6.27. The van der Waals surface area contributed by atoms with Gasteiger partial charge >= 0.3 is 5.97 Å². The molecular formula is C14H12INO5S2. The fourth-order valence-corrected chi connectivity index (χ4v) is 3.75. The molecule has 1 aromatic carbocycles. The first kappa shape index (κ1) is 18.0. The minimum atomic E-state index is -1.07. The summed E-state index contributed by atoms with van der Waals surface area (Å²) in [4.78, 5) is 24.6. The summed E-state index contributed by atoms with van der Waals surface area (Å²) >= 11 is 8.35. The van der Waals surface area contributed by atoms with Crippen molar-refractivity contribution < 1.29 is 24.2 Å². The van der Waals surface area contributed by atoms with Crippen LogP contribution in [0.1, 0.15) is 5.56 Å². The lowest BCUT2D eigenvalue weighted by molar-refractivity contribution is -0.139. The first-order chi connectivity index (χ1) is 10.8. The van der Waals surface area contributed by atoms with Gasteiger partial charge in [-0.3, -0.25) is 9.69 Å². The van der Waals surface area contributed by atoms with Gasteiger partial charge in [-0.1, -0.05) is 24.0 Å². The molecule has 0 spiro atoms. The van der Waals surface area contributed by atoms with Crippen LogP contribution in [0.5, 0.6) is 11.5 Å². The Balaban J connectivity index is 2.35. The van der Waals surface area contributed by atoms with Crippen LogP contribution in [-0.2, 0) is 9.59 Å². The molecule has 0 saturated carbocycles. The number of thiocarbonyl (C=S) groups is 1. The first-order valence-corrected chi connectivity index (χ1v) is 8.57. The lowest BCUT2D eigenvalue weighted by Crippen LogP contribution is -2.22. The third-order valence-electron chi connectivity index (χ3n) is 2.88. The van der Waals surface area contributed by atoms with Crippen LogP contribution in [0, 0.1) is 3.57 Å². The van der Waals surface area contributed by atoms with E-state index in [2.05, 4.69) is 0 Å². The predicted octanol–water partition coefficient (Wildman–Crippen LogP) is 2.59. The summed E-state index contributed by atoms with van der Waals surface area (Å²) in [5.41, 5.74) is 0.739. The van der Waals surface area contributed by atoms with Crippen LogP contribution in [0.3, 0.4) is 0 Å². The fraction of sp³-hybridized carbons (Fsp3) is 0.214. The average Bonchev–Trinajstić information content (AvgIpc) is 2.72. The third kappa shape index (κ3) is 4.15. The van der Waals surface area contributed by atoms with E-state index in [9.17, 15) is 9.59 Å². The number of likely N-dealkylation sites (N-methyl/N-ethyl adjacent to an activating group) is 1. The molecule has 1 heterocycles. The number of carbonyl (C=O) groups excluding carboxylic acids is 1. The van der Waals surface area contributed by atoms with E-state index in [0.29, 0.717) is 24.3 Å². The molecule has 6 nitrogen and oxygen atoms in total. The van der Waals surface area contributed by atoms with E-state index in [-0.39, 0.29) is 5.91 Å². The predicted molar refractivity (Wildman–Crippen MR) is 99.8 cm³/mol. The van der Waals surface area contributed by atoms with Gasteiger partial charge in [-0.2, -0.15) is 0 Å². The zero-order valence-electron chi connectivity index (χ0n) is 12.2. The number of amides is 1. The summed E-state index contributed by atoms with van der Waals surface area (Å²) in [6.45, 7) is -0.458. The highest BCUT2D eigenvalue weighted by Gasteiger charge is 2.28. The molecule has 1 saturated heterocycles. The van der Waals surface area contributed by atoms with Crippen molar-refractivity contribution in [2.75, 3.05) is 20.8 Å². The van der Waals surface area contributed by atoms with Crippen molar-refractivity contribution in [2.45, 2.75) is 0 Å². The van der Waals surface area contributed by atoms with E-state index in [4.69, 9.17) is 26.8 Å². The summed E-state index contributed by atoms with van der Waals surface area (Å²) in [5, 5.41) is 8.72. The number of carbonyl (C=O) groups is 2. The molecule has 0 bridgehead atoms. The number of nitrogens with zero attached hydrogens (tertiary/aromatic N) is 1. The molecule has 1 aromatic rings. The highest BCUT2D eigenvalue weighted by molar-refractivity contribution is 14.1. The van der Waals surface area contributed by atoms with Crippen molar-refractivity contribution in [3.05, 3.63) is 26.2 Å². The van der Waals surface area contributed by atoms with E-state index in [0.717, 1.165) is 5.56 Å². The van der Waals surface area contributed by atoms with Crippen LogP contribution in [0.2, 0.25) is 0 Å². The van der Waals surface area contributed by atoms with Crippen molar-refractivity contribution >= 4 is 68.8 Å². The van der Waals surface area contributed by atoms with Crippen molar-refractivity contribution in [2.24, 2.45) is 0 Å². The molecule has 1 N–H and O–H groups in total. The molecule has 0 aliphatic carbocycles. The van der Waals surface area contributed by atoms with E-state index < -0.39 is 12.6 Å². The smallest absolute Gasteiger partial charge is 0.341 e. The molecule has 1 aliphatic heterocycles. The van der Waals surface area contributed by atoms with Gasteiger partial charge in [-0.15, -0.1) is 0 Å². The van der Waals surface area contributed by atoms with Crippen LogP contribution in [-0.4, -0.2) is 47.0 Å². The van der Waals surface area contributed by atoms with Gasteiger partial charge < -0.3 is 14.6 Å². The average molecular weight is 465 g/mol. The van der Waals surface area contributed by atoms with Crippen LogP contribution in [0.4, 0.5) is 0 Å². The second-order valence-electron chi connectivity index (χ2n) is 4.46. The highest BCUT2D eigenvalue weighted by Crippen LogP contribution is 2.37. The molecule has 0 unspecified atom stereocenters. The molecule has 2 rings (SSSR count). The van der Waals surface area contributed by atoms with Crippen molar-refractivity contribution in [3.63, 3.8) is 0 Å². The van der Waals surface area contributed by atoms with Gasteiger partial charge in [0.15, 0.2) is 18.1 Å². The maximum absolute atomic E-state index is 12.0. The van der Waals surface area contributed by atoms with Crippen LogP contribution in [0.15, 0.2) is 17.0 Å². The van der Waals surface area contributed by atoms with Crippen LogP contribution < -0.4 is 9.47 Å². The van der Waals surface area contributed by atoms with E-state index in [1.807, 2.05) is 22.6 Å². The Morgan fingerprint density at radius 1 is 1.52 bits per heavy atom. The number of rotatable bonds is 5. The number of carboxylic acids is 1. The largest absolute Gasteiger partial charge is 0.493 e. The zero-order chi connectivity index (χ0) is 17.1. The number of hydrogen-bond acceptors (Lipinski definition) is 6. The molecule has 0 radical (unpaired) electrons. The molecular weight excluding hydrogens is 453 g/mol. The van der Waals surface area contributed by atoms with E-state index >= 15 is 0 Å². The van der Waals surface area contributed by atoms with Crippen molar-refractivity contribution in [1.29, 1.82) is 0 Å². The normalized spacial score (nSPS) is 16.1. The van der Waals surface area contributed by atoms with Crippen LogP contribution >= 0.6 is 46.6 Å². The second kappa shape index (κ2) is 7.49. The van der Waals surface area contributed by atoms with Gasteiger partial charge in [-0.25, -0.2) is 4.79 Å². The quantitative estimate of drug-likeness (QED) is 0.407. The standard InChI is InChI=1S/C14H12INO5S2/c1-16-13(19)10(23-14(16)22)5-7-3-8(15)12(9(4-7)20-2)21-6-11(17)18/h3-5H,6H2,1-2H3,(H,17,18)/b10-5+. The number of carboxylic acid groups (broad SMARTS) is 1. The number of ether oxygens (including phenoxy) is 2. The summed E-state index contributed by atoms with van der Waals surface area (Å²) in [5.74, 6) is -0.467. The molecule has 9 heteroatoms. The number of halogens is 1. The molecule has 122 valence electrons. The Bertz CT molecular complexity index is 719. The van der Waals surface area contributed by atoms with Gasteiger partial charge in [0.25, 0.3) is 5.91 Å². The summed E-state index contributed by atoms with van der Waals surface area (Å²) < 4.78 is 11.7. The fourth-order valence-electron chi connectivity index (χ4n) is 1.79. The minimum absolute atomic E-state index is 0.153. The maximum Gasteiger partial charge on any atom is 0.341 e. The number of hydrogen-bond donors (Lipinski definition) is 1. The SMILES string of the molecule is COc1cc(/C=C2/SC(=S)N(C)C2=O)cc(I)c1OCC(=O)O. The van der Waals surface area contributed by atoms with E-state index in [1.165, 1.54) is 23.8 Å². The molecule has 0 atom stereocenters. The third-order valence-corrected chi connectivity index (χ3v) is 5.16. The number of methoxy groups -OCH3 is 1. The highest BCUT2D eigenvalue weighted by atomic mass is 127. The maximum atomic E-state index is 12.0. The molecule has 0 aromatic heterocycles. The monoisotopic (exact) mass is 465 g/mol. The number of benzene rings is 1. The molecule has 1 amide bonds. The second-order valence-corrected chi connectivity index (χ2v) is 7.30. The molecule has 1 aliphatic rings. The zero-order valence-corrected chi connectivity index (χ0v) is 16.0. The minimum Gasteiger partial charge on any atom is -0.493 e. The Hall–Kier alpha value is -1.33. The summed E-state index contributed by atoms with van der Waals surface area (Å²) in [6, 6.07) is 3.46. The van der Waals surface area contributed by atoms with Gasteiger partial charge in [0, 0.05) is 7.05 Å². The lowest BCUT2D eigenvalue weighted by atomic mass is 10.2. The Kier molecular flexibility index (Phi) is 5.87. The van der Waals surface area contributed by atoms with Gasteiger partial charge in [0.2, 0.25) is 0 Å². The van der Waals surface area contributed by atoms with Crippen molar-refractivity contribution in [1.82, 2.24) is 4.90 Å². The summed E-state index contributed by atoms with van der Waals surface area (Å²) in [6.07, 6.45) is 1.72. The number of thioether (sulfide) groups is 1. The van der Waals surface area contributed by atoms with Gasteiger partial charge in [-0.05, 0) is 46.4 Å². The summed E-state index contributed by atoms with van der Waals surface area (Å²) in [7, 11) is 3.10. The van der Waals surface area contributed by atoms with Crippen LogP contribution in [0.25, 0.3) is 6.08 Å². The topological polar surface area (TPSA) is 76.1 Å². The molecule has 1 fully saturated rings. The Labute approximate surface area is 156 Å². The molecule has 23 heavy (non-hydrogen) atoms. The van der Waals surface area contributed by atoms with E-state index in [1.54, 1.807) is 25.3 Å². The Morgan fingerprint density at radius 2 is 2.22 bits per heavy atom. The Morgan fingerprint density at radius 3 is 2.74 bits per heavy atom. The number of aliphatic carboxylic acids is 1. The van der Waals surface area contributed by atoms with Gasteiger partial charge in [0.05, 0.1) is 15.6 Å².